The fraction of sp³-hybridized carbons (Fsp3) is 0.500. The average molecular weight is 486 g/mol. The Bertz CT molecular complexity index is 919. The Balaban J connectivity index is 2.61. The first-order valence-corrected chi connectivity index (χ1v) is 8.46. The molecular weight excluding hydrogens is 473 g/mol. The minimum Gasteiger partial charge on any atom is -0.497 e. The Morgan fingerprint density at radius 2 is 1.50 bits per heavy atom. The quantitative estimate of drug-likeness (QED) is 0.435. The van der Waals surface area contributed by atoms with Crippen LogP contribution < -0.4 is 9.47 Å². The molecular formula is C18H13F11O3. The molecule has 0 spiro atoms. The van der Waals surface area contributed by atoms with Crippen LogP contribution in [0.2, 0.25) is 0 Å². The number of carbonyl (C=O) groups is 1. The number of ether oxygens (including phenoxy) is 2. The van der Waals surface area contributed by atoms with Crippen LogP contribution in [0.5, 0.6) is 11.5 Å². The number of rotatable bonds is 7. The molecule has 3 nitrogen and oxygen atoms in total. The van der Waals surface area contributed by atoms with Crippen molar-refractivity contribution in [3.05, 3.63) is 35.6 Å². The van der Waals surface area contributed by atoms with E-state index in [1.54, 1.807) is 0 Å². The van der Waals surface area contributed by atoms with Gasteiger partial charge in [-0.1, -0.05) is 0 Å². The van der Waals surface area contributed by atoms with Gasteiger partial charge in [-0.25, -0.2) is 0 Å². The van der Waals surface area contributed by atoms with Crippen LogP contribution in [-0.4, -0.2) is 42.8 Å². The first-order chi connectivity index (χ1) is 14.3. The number of hydrogen-bond donors (Lipinski definition) is 0. The molecule has 1 heterocycles. The number of benzene rings is 1. The van der Waals surface area contributed by atoms with Crippen LogP contribution in [0.1, 0.15) is 24.8 Å². The second kappa shape index (κ2) is 7.80. The summed E-state index contributed by atoms with van der Waals surface area (Å²) in [7, 11) is 1.20. The van der Waals surface area contributed by atoms with Crippen LogP contribution in [0.25, 0.3) is 0 Å². The molecule has 2 rings (SSSR count). The van der Waals surface area contributed by atoms with Crippen LogP contribution in [0.3, 0.4) is 0 Å². The zero-order valence-corrected chi connectivity index (χ0v) is 16.0. The molecule has 0 N–H and O–H groups in total. The van der Waals surface area contributed by atoms with Crippen molar-refractivity contribution >= 4 is 5.78 Å². The molecule has 0 aliphatic carbocycles. The molecule has 0 fully saturated rings. The number of alkyl halides is 11. The SMILES string of the molecule is COc1ccc2c(c1)C(CC(C)=O)C=C(C(F)(F)C(F)(F)C(F)(F)C(F)(F)C(F)(F)F)O2. The van der Waals surface area contributed by atoms with Gasteiger partial charge in [-0.2, -0.15) is 48.3 Å². The van der Waals surface area contributed by atoms with E-state index < -0.39 is 59.5 Å². The monoisotopic (exact) mass is 486 g/mol. The topological polar surface area (TPSA) is 35.5 Å². The second-order valence-corrected chi connectivity index (χ2v) is 6.84. The number of carbonyl (C=O) groups excluding carboxylic acids is 1. The molecule has 1 aromatic carbocycles. The van der Waals surface area contributed by atoms with Crippen molar-refractivity contribution in [1.29, 1.82) is 0 Å². The Morgan fingerprint density at radius 1 is 0.938 bits per heavy atom. The van der Waals surface area contributed by atoms with Crippen molar-refractivity contribution in [2.24, 2.45) is 0 Å². The van der Waals surface area contributed by atoms with Gasteiger partial charge in [0.1, 0.15) is 17.3 Å². The van der Waals surface area contributed by atoms with E-state index in [-0.39, 0.29) is 17.4 Å². The molecule has 14 heteroatoms. The third-order valence-electron chi connectivity index (χ3n) is 4.54. The fourth-order valence-electron chi connectivity index (χ4n) is 2.84. The van der Waals surface area contributed by atoms with E-state index in [4.69, 9.17) is 4.74 Å². The first-order valence-electron chi connectivity index (χ1n) is 8.46. The van der Waals surface area contributed by atoms with E-state index in [2.05, 4.69) is 4.74 Å². The van der Waals surface area contributed by atoms with Crippen molar-refractivity contribution < 1.29 is 62.6 Å². The summed E-state index contributed by atoms with van der Waals surface area (Å²) in [5, 5.41) is 0. The van der Waals surface area contributed by atoms with E-state index in [0.717, 1.165) is 25.1 Å². The Hall–Kier alpha value is -2.54. The first kappa shape index (κ1) is 25.7. The molecule has 0 radical (unpaired) electrons. The molecule has 180 valence electrons. The lowest BCUT2D eigenvalue weighted by molar-refractivity contribution is -0.419. The van der Waals surface area contributed by atoms with Crippen molar-refractivity contribution in [2.45, 2.75) is 49.1 Å². The van der Waals surface area contributed by atoms with E-state index in [9.17, 15) is 53.1 Å². The summed E-state index contributed by atoms with van der Waals surface area (Å²) in [6.45, 7) is 0.980. The van der Waals surface area contributed by atoms with Crippen molar-refractivity contribution in [2.75, 3.05) is 7.11 Å². The summed E-state index contributed by atoms with van der Waals surface area (Å²) in [4.78, 5) is 11.4. The maximum absolute atomic E-state index is 14.4. The van der Waals surface area contributed by atoms with Gasteiger partial charge in [0.2, 0.25) is 0 Å². The molecule has 0 saturated carbocycles. The van der Waals surface area contributed by atoms with Gasteiger partial charge >= 0.3 is 29.9 Å². The minimum absolute atomic E-state index is 0.0743. The van der Waals surface area contributed by atoms with Crippen LogP contribution in [0.15, 0.2) is 30.0 Å². The van der Waals surface area contributed by atoms with E-state index >= 15 is 0 Å². The van der Waals surface area contributed by atoms with Crippen LogP contribution >= 0.6 is 0 Å². The van der Waals surface area contributed by atoms with Gasteiger partial charge < -0.3 is 9.47 Å². The van der Waals surface area contributed by atoms with Crippen molar-refractivity contribution in [3.63, 3.8) is 0 Å². The normalized spacial score (nSPS) is 17.9. The molecule has 1 aromatic rings. The van der Waals surface area contributed by atoms with Crippen molar-refractivity contribution in [1.82, 2.24) is 0 Å². The van der Waals surface area contributed by atoms with Gasteiger partial charge in [0.25, 0.3) is 0 Å². The minimum atomic E-state index is -7.57. The van der Waals surface area contributed by atoms with Crippen molar-refractivity contribution in [3.8, 4) is 11.5 Å². The van der Waals surface area contributed by atoms with Gasteiger partial charge in [0, 0.05) is 17.9 Å². The number of ketones is 1. The lowest BCUT2D eigenvalue weighted by Gasteiger charge is -2.38. The summed E-state index contributed by atoms with van der Waals surface area (Å²) in [6.07, 6.45) is -7.80. The Morgan fingerprint density at radius 3 is 1.97 bits per heavy atom. The third-order valence-corrected chi connectivity index (χ3v) is 4.54. The highest BCUT2D eigenvalue weighted by molar-refractivity contribution is 5.77. The van der Waals surface area contributed by atoms with E-state index in [1.165, 1.54) is 7.11 Å². The Labute approximate surface area is 172 Å². The highest BCUT2D eigenvalue weighted by Crippen LogP contribution is 2.59. The number of allylic oxidation sites excluding steroid dienone is 2. The van der Waals surface area contributed by atoms with Gasteiger partial charge in [0.15, 0.2) is 5.76 Å². The largest absolute Gasteiger partial charge is 0.497 e. The molecule has 1 atom stereocenters. The summed E-state index contributed by atoms with van der Waals surface area (Å²) in [5.74, 6) is -33.7. The lowest BCUT2D eigenvalue weighted by Crippen LogP contribution is -2.67. The predicted molar refractivity (Wildman–Crippen MR) is 85.6 cm³/mol. The molecule has 32 heavy (non-hydrogen) atoms. The number of fused-ring (bicyclic) bond motifs is 1. The van der Waals surface area contributed by atoms with Gasteiger partial charge in [-0.05, 0) is 31.2 Å². The third kappa shape index (κ3) is 3.87. The Kier molecular flexibility index (Phi) is 6.27. The van der Waals surface area contributed by atoms with Crippen LogP contribution in [0, 0.1) is 0 Å². The van der Waals surface area contributed by atoms with Gasteiger partial charge in [-0.15, -0.1) is 0 Å². The zero-order valence-electron chi connectivity index (χ0n) is 16.0. The molecule has 0 saturated heterocycles. The molecule has 0 amide bonds. The number of halogens is 11. The summed E-state index contributed by atoms with van der Waals surface area (Å²) in [5.41, 5.74) is -0.0743. The maximum Gasteiger partial charge on any atom is 0.460 e. The number of methoxy groups -OCH3 is 1. The summed E-state index contributed by atoms with van der Waals surface area (Å²) < 4.78 is 156. The molecule has 0 bridgehead atoms. The highest BCUT2D eigenvalue weighted by atomic mass is 19.4. The second-order valence-electron chi connectivity index (χ2n) is 6.84. The van der Waals surface area contributed by atoms with Crippen LogP contribution in [-0.2, 0) is 4.79 Å². The number of Topliss-reactive ketones (excluding diaryl/α,β-unsaturated/α-hetero) is 1. The van der Waals surface area contributed by atoms with Gasteiger partial charge in [0.05, 0.1) is 7.11 Å². The van der Waals surface area contributed by atoms with Crippen LogP contribution in [0.4, 0.5) is 48.3 Å². The van der Waals surface area contributed by atoms with Gasteiger partial charge in [-0.3, -0.25) is 4.79 Å². The highest BCUT2D eigenvalue weighted by Gasteiger charge is 2.88. The predicted octanol–water partition coefficient (Wildman–Crippen LogP) is 6.14. The zero-order chi connectivity index (χ0) is 24.9. The van der Waals surface area contributed by atoms with E-state index in [1.807, 2.05) is 0 Å². The average Bonchev–Trinajstić information content (AvgIpc) is 2.65. The molecule has 0 aromatic heterocycles. The standard InChI is InChI=1S/C18H13F11O3/c1-8(30)5-9-6-13(32-12-4-3-10(31-2)7-11(9)12)14(19,20)15(21,22)16(23,24)17(25,26)18(27,28)29/h3-4,6-7,9H,5H2,1-2H3. The van der Waals surface area contributed by atoms with E-state index in [0.29, 0.717) is 0 Å². The fourth-order valence-corrected chi connectivity index (χ4v) is 2.84. The summed E-state index contributed by atoms with van der Waals surface area (Å²) in [6, 6.07) is 3.11. The lowest BCUT2D eigenvalue weighted by atomic mass is 9.88. The smallest absolute Gasteiger partial charge is 0.460 e. The summed E-state index contributed by atoms with van der Waals surface area (Å²) >= 11 is 0. The molecule has 1 aliphatic heterocycles. The number of hydrogen-bond acceptors (Lipinski definition) is 3. The molecule has 1 unspecified atom stereocenters. The maximum atomic E-state index is 14.4. The molecule has 1 aliphatic rings.